The molecule has 0 heterocycles. The lowest BCUT2D eigenvalue weighted by Crippen LogP contribution is -2.30. The van der Waals surface area contributed by atoms with Crippen LogP contribution in [0.3, 0.4) is 0 Å². The van der Waals surface area contributed by atoms with E-state index in [0.717, 1.165) is 77.0 Å². The first-order valence-electron chi connectivity index (χ1n) is 23.5. The molecule has 6 nitrogen and oxygen atoms in total. The van der Waals surface area contributed by atoms with Gasteiger partial charge in [0.25, 0.3) is 0 Å². The lowest BCUT2D eigenvalue weighted by molar-refractivity contribution is -0.167. The fraction of sp³-hybridized carbons (Fsp3) is 0.604. The minimum atomic E-state index is -0.829. The van der Waals surface area contributed by atoms with E-state index >= 15 is 0 Å². The molecule has 0 N–H and O–H groups in total. The molecule has 0 saturated carbocycles. The molecule has 0 radical (unpaired) electrons. The van der Waals surface area contributed by atoms with Crippen LogP contribution in [0.1, 0.15) is 188 Å². The molecule has 0 saturated heterocycles. The highest BCUT2D eigenvalue weighted by Crippen LogP contribution is 2.12. The molecule has 0 aliphatic carbocycles. The Kier molecular flexibility index (Phi) is 43.6. The molecular formula is C53H84O6. The summed E-state index contributed by atoms with van der Waals surface area (Å²) < 4.78 is 16.6. The second-order valence-electron chi connectivity index (χ2n) is 15.1. The van der Waals surface area contributed by atoms with E-state index in [4.69, 9.17) is 14.2 Å². The first-order valence-corrected chi connectivity index (χ1v) is 23.5. The van der Waals surface area contributed by atoms with Crippen molar-refractivity contribution in [3.8, 4) is 0 Å². The van der Waals surface area contributed by atoms with E-state index in [9.17, 15) is 14.4 Å². The normalized spacial score (nSPS) is 13.1. The first-order chi connectivity index (χ1) is 29.0. The third kappa shape index (κ3) is 45.0. The van der Waals surface area contributed by atoms with E-state index in [-0.39, 0.29) is 31.6 Å². The summed E-state index contributed by atoms with van der Waals surface area (Å²) in [7, 11) is 0. The van der Waals surface area contributed by atoms with Crippen LogP contribution in [-0.2, 0) is 28.6 Å². The number of ether oxygens (including phenoxy) is 3. The quantitative estimate of drug-likeness (QED) is 0.0201. The van der Waals surface area contributed by atoms with Gasteiger partial charge in [-0.25, -0.2) is 0 Å². The minimum Gasteiger partial charge on any atom is -0.462 e. The molecule has 0 amide bonds. The standard InChI is InChI=1S/C53H84O6/c1-4-7-10-13-16-19-22-24-25-26-27-29-31-34-37-40-43-46-52(55)58-49-50(48-57-51(54)45-42-39-36-33-30-21-18-15-12-9-6-3)59-53(56)47-44-41-38-35-32-28-23-20-17-14-11-8-5-2/h8,11,14-21,23-25,28,30,32,35,38,50H,4-7,9-10,12-13,22,26-27,29,31,33-34,36-37,39-49H2,1-3H3/b11-8-,17-14-,18-15-,19-16-,23-20-,25-24-,30-21-,32-28-,38-35-. The van der Waals surface area contributed by atoms with E-state index in [1.165, 1.54) is 64.2 Å². The molecule has 0 fully saturated rings. The molecule has 0 rings (SSSR count). The summed E-state index contributed by atoms with van der Waals surface area (Å²) in [5, 5.41) is 0. The summed E-state index contributed by atoms with van der Waals surface area (Å²) in [6.07, 6.45) is 62.2. The van der Waals surface area contributed by atoms with Crippen molar-refractivity contribution < 1.29 is 28.6 Å². The molecule has 0 aromatic heterocycles. The number of allylic oxidation sites excluding steroid dienone is 18. The predicted octanol–water partition coefficient (Wildman–Crippen LogP) is 15.2. The number of hydrogen-bond donors (Lipinski definition) is 0. The smallest absolute Gasteiger partial charge is 0.306 e. The summed E-state index contributed by atoms with van der Waals surface area (Å²) in [4.78, 5) is 37.8. The fourth-order valence-electron chi connectivity index (χ4n) is 5.83. The molecule has 0 spiro atoms. The Balaban J connectivity index is 4.53. The van der Waals surface area contributed by atoms with Gasteiger partial charge in [-0.05, 0) is 83.5 Å². The van der Waals surface area contributed by atoms with Gasteiger partial charge in [0.1, 0.15) is 13.2 Å². The van der Waals surface area contributed by atoms with Crippen molar-refractivity contribution in [2.24, 2.45) is 0 Å². The van der Waals surface area contributed by atoms with Gasteiger partial charge in [-0.2, -0.15) is 0 Å². The predicted molar refractivity (Wildman–Crippen MR) is 251 cm³/mol. The van der Waals surface area contributed by atoms with E-state index in [1.54, 1.807) is 0 Å². The van der Waals surface area contributed by atoms with Gasteiger partial charge in [0.2, 0.25) is 0 Å². The molecule has 0 aliphatic heterocycles. The van der Waals surface area contributed by atoms with Gasteiger partial charge in [0.15, 0.2) is 6.10 Å². The fourth-order valence-corrected chi connectivity index (χ4v) is 5.83. The zero-order valence-corrected chi connectivity index (χ0v) is 37.7. The van der Waals surface area contributed by atoms with E-state index in [0.29, 0.717) is 19.3 Å². The summed E-state index contributed by atoms with van der Waals surface area (Å²) in [6.45, 7) is 6.29. The largest absolute Gasteiger partial charge is 0.462 e. The Morgan fingerprint density at radius 2 is 0.763 bits per heavy atom. The van der Waals surface area contributed by atoms with Crippen molar-refractivity contribution in [3.05, 3.63) is 109 Å². The van der Waals surface area contributed by atoms with Gasteiger partial charge in [-0.3, -0.25) is 14.4 Å². The molecule has 0 aromatic rings. The molecule has 1 unspecified atom stereocenters. The third-order valence-electron chi connectivity index (χ3n) is 9.39. The lowest BCUT2D eigenvalue weighted by atomic mass is 10.1. The maximum atomic E-state index is 12.7. The highest BCUT2D eigenvalue weighted by atomic mass is 16.6. The van der Waals surface area contributed by atoms with Crippen LogP contribution >= 0.6 is 0 Å². The van der Waals surface area contributed by atoms with Crippen molar-refractivity contribution in [1.82, 2.24) is 0 Å². The minimum absolute atomic E-state index is 0.122. The average Bonchev–Trinajstić information content (AvgIpc) is 3.23. The van der Waals surface area contributed by atoms with Gasteiger partial charge in [0, 0.05) is 19.3 Å². The van der Waals surface area contributed by atoms with Gasteiger partial charge >= 0.3 is 17.9 Å². The van der Waals surface area contributed by atoms with Crippen LogP contribution in [0.2, 0.25) is 0 Å². The summed E-state index contributed by atoms with van der Waals surface area (Å²) in [5.41, 5.74) is 0. The number of unbranched alkanes of at least 4 members (excludes halogenated alkanes) is 16. The topological polar surface area (TPSA) is 78.9 Å². The summed E-state index contributed by atoms with van der Waals surface area (Å²) in [5.74, 6) is -1.04. The van der Waals surface area contributed by atoms with E-state index in [2.05, 4.69) is 75.5 Å². The van der Waals surface area contributed by atoms with E-state index < -0.39 is 12.1 Å². The molecule has 0 aliphatic rings. The molecule has 6 heteroatoms. The maximum Gasteiger partial charge on any atom is 0.306 e. The Bertz CT molecular complexity index is 1260. The number of rotatable bonds is 40. The Morgan fingerprint density at radius 1 is 0.373 bits per heavy atom. The van der Waals surface area contributed by atoms with Crippen LogP contribution in [-0.4, -0.2) is 37.2 Å². The Hall–Kier alpha value is -3.93. The van der Waals surface area contributed by atoms with Crippen molar-refractivity contribution in [2.45, 2.75) is 194 Å². The molecular weight excluding hydrogens is 733 g/mol. The molecule has 0 aromatic carbocycles. The molecule has 59 heavy (non-hydrogen) atoms. The van der Waals surface area contributed by atoms with Crippen molar-refractivity contribution in [2.75, 3.05) is 13.2 Å². The molecule has 332 valence electrons. The van der Waals surface area contributed by atoms with Gasteiger partial charge < -0.3 is 14.2 Å². The zero-order chi connectivity index (χ0) is 43.0. The highest BCUT2D eigenvalue weighted by Gasteiger charge is 2.19. The van der Waals surface area contributed by atoms with Gasteiger partial charge in [-0.1, -0.05) is 194 Å². The maximum absolute atomic E-state index is 12.7. The van der Waals surface area contributed by atoms with E-state index in [1.807, 2.05) is 54.7 Å². The van der Waals surface area contributed by atoms with Crippen LogP contribution in [0.4, 0.5) is 0 Å². The highest BCUT2D eigenvalue weighted by molar-refractivity contribution is 5.71. The van der Waals surface area contributed by atoms with Crippen LogP contribution in [0.15, 0.2) is 109 Å². The number of carbonyl (C=O) groups is 3. The summed E-state index contributed by atoms with van der Waals surface area (Å²) >= 11 is 0. The van der Waals surface area contributed by atoms with Gasteiger partial charge in [-0.15, -0.1) is 0 Å². The molecule has 1 atom stereocenters. The SMILES string of the molecule is CC\C=C/C=C\C=C/C=C\C=C/CCCC(=O)OC(COC(=O)CCCCC/C=C\C=C/CCCC)COC(=O)CCCCCCCCC/C=C\C/C=C\CCCCC. The summed E-state index contributed by atoms with van der Waals surface area (Å²) in [6, 6.07) is 0. The van der Waals surface area contributed by atoms with Crippen LogP contribution in [0.25, 0.3) is 0 Å². The lowest BCUT2D eigenvalue weighted by Gasteiger charge is -2.18. The zero-order valence-electron chi connectivity index (χ0n) is 37.7. The second kappa shape index (κ2) is 46.8. The van der Waals surface area contributed by atoms with Crippen molar-refractivity contribution in [1.29, 1.82) is 0 Å². The van der Waals surface area contributed by atoms with Crippen LogP contribution < -0.4 is 0 Å². The van der Waals surface area contributed by atoms with Crippen molar-refractivity contribution >= 4 is 17.9 Å². The second-order valence-corrected chi connectivity index (χ2v) is 15.1. The number of hydrogen-bond acceptors (Lipinski definition) is 6. The first kappa shape index (κ1) is 55.1. The van der Waals surface area contributed by atoms with Gasteiger partial charge in [0.05, 0.1) is 0 Å². The number of esters is 3. The molecule has 0 bridgehead atoms. The Labute approximate surface area is 361 Å². The monoisotopic (exact) mass is 817 g/mol. The van der Waals surface area contributed by atoms with Crippen LogP contribution in [0.5, 0.6) is 0 Å². The van der Waals surface area contributed by atoms with Crippen molar-refractivity contribution in [3.63, 3.8) is 0 Å². The van der Waals surface area contributed by atoms with Crippen LogP contribution in [0, 0.1) is 0 Å². The Morgan fingerprint density at radius 3 is 1.31 bits per heavy atom. The average molecular weight is 817 g/mol. The number of carbonyl (C=O) groups excluding carboxylic acids is 3. The third-order valence-corrected chi connectivity index (χ3v) is 9.39.